The molecule has 0 bridgehead atoms. The molecule has 0 saturated heterocycles. The van der Waals surface area contributed by atoms with Crippen LogP contribution in [0.4, 0.5) is 0 Å². The highest BCUT2D eigenvalue weighted by molar-refractivity contribution is 5.84. The summed E-state index contributed by atoms with van der Waals surface area (Å²) in [5, 5.41) is 7.05. The molecule has 1 saturated carbocycles. The maximum absolute atomic E-state index is 13.6. The van der Waals surface area contributed by atoms with Crippen molar-refractivity contribution < 1.29 is 4.79 Å². The number of pyridine rings is 1. The standard InChI is InChI=1S/C36H45N3O/c1-26-22-27(2)37-25-33(26)32-16-10-11-17-34(32)38-23-29-18-20-31(21-19-29)35(30-14-8-3-4-9-15-30)36(40)39-24-28-12-6-5-7-13-28/h5-7,12-13,18-22,25,30,35,38H,3-4,8-11,14-17,23-24H2,1-2H3,(H,39,40). The van der Waals surface area contributed by atoms with Crippen molar-refractivity contribution in [2.45, 2.75) is 97.1 Å². The van der Waals surface area contributed by atoms with Crippen LogP contribution in [-0.4, -0.2) is 10.9 Å². The van der Waals surface area contributed by atoms with Gasteiger partial charge in [-0.3, -0.25) is 9.78 Å². The molecule has 2 aliphatic rings. The van der Waals surface area contributed by atoms with Gasteiger partial charge in [-0.05, 0) is 92.2 Å². The van der Waals surface area contributed by atoms with Gasteiger partial charge in [0, 0.05) is 36.2 Å². The van der Waals surface area contributed by atoms with E-state index in [9.17, 15) is 4.79 Å². The topological polar surface area (TPSA) is 54.0 Å². The number of rotatable bonds is 9. The zero-order chi connectivity index (χ0) is 27.7. The van der Waals surface area contributed by atoms with Gasteiger partial charge in [-0.2, -0.15) is 0 Å². The summed E-state index contributed by atoms with van der Waals surface area (Å²) >= 11 is 0. The van der Waals surface area contributed by atoms with Crippen molar-refractivity contribution in [1.29, 1.82) is 0 Å². The van der Waals surface area contributed by atoms with Crippen LogP contribution in [-0.2, 0) is 17.9 Å². The van der Waals surface area contributed by atoms with Crippen LogP contribution in [0, 0.1) is 19.8 Å². The van der Waals surface area contributed by atoms with Gasteiger partial charge in [0.05, 0.1) is 5.92 Å². The Balaban J connectivity index is 1.30. The minimum absolute atomic E-state index is 0.0894. The largest absolute Gasteiger partial charge is 0.384 e. The zero-order valence-electron chi connectivity index (χ0n) is 24.3. The quantitative estimate of drug-likeness (QED) is 0.272. The molecule has 1 aromatic heterocycles. The molecule has 0 spiro atoms. The average Bonchev–Trinajstić information content (AvgIpc) is 3.26. The molecule has 0 aliphatic heterocycles. The molecule has 1 fully saturated rings. The third-order valence-corrected chi connectivity index (χ3v) is 8.85. The first kappa shape index (κ1) is 28.1. The molecule has 1 unspecified atom stereocenters. The summed E-state index contributed by atoms with van der Waals surface area (Å²) in [6, 6.07) is 21.3. The molecule has 2 aliphatic carbocycles. The molecule has 5 rings (SSSR count). The second-order valence-electron chi connectivity index (χ2n) is 11.8. The lowest BCUT2D eigenvalue weighted by molar-refractivity contribution is -0.124. The fourth-order valence-corrected chi connectivity index (χ4v) is 6.64. The van der Waals surface area contributed by atoms with Crippen molar-refractivity contribution in [3.05, 3.63) is 106 Å². The Kier molecular flexibility index (Phi) is 9.70. The van der Waals surface area contributed by atoms with Crippen molar-refractivity contribution in [3.8, 4) is 0 Å². The SMILES string of the molecule is Cc1cc(C)c(C2=C(NCc3ccc(C(C(=O)NCc4ccccc4)C4CCCCCC4)cc3)CCCC2)cn1. The molecule has 3 aromatic rings. The lowest BCUT2D eigenvalue weighted by Crippen LogP contribution is -2.33. The van der Waals surface area contributed by atoms with Crippen LogP contribution in [0.2, 0.25) is 0 Å². The van der Waals surface area contributed by atoms with Gasteiger partial charge in [-0.25, -0.2) is 0 Å². The summed E-state index contributed by atoms with van der Waals surface area (Å²) in [5.74, 6) is 0.484. The van der Waals surface area contributed by atoms with Crippen molar-refractivity contribution in [3.63, 3.8) is 0 Å². The van der Waals surface area contributed by atoms with Crippen LogP contribution < -0.4 is 10.6 Å². The van der Waals surface area contributed by atoms with Gasteiger partial charge in [0.2, 0.25) is 5.91 Å². The lowest BCUT2D eigenvalue weighted by atomic mass is 9.80. The second kappa shape index (κ2) is 13.8. The van der Waals surface area contributed by atoms with Gasteiger partial charge in [-0.1, -0.05) is 80.3 Å². The number of hydrogen-bond donors (Lipinski definition) is 2. The molecule has 210 valence electrons. The number of carbonyl (C=O) groups is 1. The normalized spacial score (nSPS) is 17.2. The van der Waals surface area contributed by atoms with Gasteiger partial charge in [0.1, 0.15) is 0 Å². The smallest absolute Gasteiger partial charge is 0.228 e. The van der Waals surface area contributed by atoms with Crippen LogP contribution >= 0.6 is 0 Å². The summed E-state index contributed by atoms with van der Waals surface area (Å²) in [6.07, 6.45) is 14.0. The Morgan fingerprint density at radius 3 is 2.27 bits per heavy atom. The first-order valence-electron chi connectivity index (χ1n) is 15.4. The van der Waals surface area contributed by atoms with E-state index in [4.69, 9.17) is 0 Å². The number of aryl methyl sites for hydroxylation is 2. The molecule has 1 atom stereocenters. The van der Waals surface area contributed by atoms with Crippen LogP contribution in [0.25, 0.3) is 5.57 Å². The van der Waals surface area contributed by atoms with Gasteiger partial charge in [0.15, 0.2) is 0 Å². The fourth-order valence-electron chi connectivity index (χ4n) is 6.64. The fraction of sp³-hybridized carbons (Fsp3) is 0.444. The average molecular weight is 536 g/mol. The zero-order valence-corrected chi connectivity index (χ0v) is 24.3. The molecule has 4 nitrogen and oxygen atoms in total. The molecular weight excluding hydrogens is 490 g/mol. The minimum Gasteiger partial charge on any atom is -0.384 e. The van der Waals surface area contributed by atoms with Gasteiger partial charge in [0.25, 0.3) is 0 Å². The third kappa shape index (κ3) is 7.21. The first-order chi connectivity index (χ1) is 19.6. The van der Waals surface area contributed by atoms with Crippen molar-refractivity contribution in [2.75, 3.05) is 0 Å². The summed E-state index contributed by atoms with van der Waals surface area (Å²) in [6.45, 7) is 5.63. The maximum atomic E-state index is 13.6. The molecule has 4 heteroatoms. The van der Waals surface area contributed by atoms with E-state index < -0.39 is 0 Å². The molecule has 40 heavy (non-hydrogen) atoms. The Morgan fingerprint density at radius 1 is 0.850 bits per heavy atom. The summed E-state index contributed by atoms with van der Waals surface area (Å²) in [7, 11) is 0. The number of allylic oxidation sites excluding steroid dienone is 2. The van der Waals surface area contributed by atoms with Gasteiger partial charge >= 0.3 is 0 Å². The van der Waals surface area contributed by atoms with Crippen LogP contribution in [0.1, 0.15) is 104 Å². The van der Waals surface area contributed by atoms with E-state index in [-0.39, 0.29) is 11.8 Å². The number of benzene rings is 2. The van der Waals surface area contributed by atoms with Crippen LogP contribution in [0.3, 0.4) is 0 Å². The van der Waals surface area contributed by atoms with Crippen LogP contribution in [0.5, 0.6) is 0 Å². The maximum Gasteiger partial charge on any atom is 0.228 e. The Bertz CT molecular complexity index is 1290. The predicted octanol–water partition coefficient (Wildman–Crippen LogP) is 8.14. The second-order valence-corrected chi connectivity index (χ2v) is 11.8. The van der Waals surface area contributed by atoms with E-state index in [1.54, 1.807) is 0 Å². The summed E-state index contributed by atoms with van der Waals surface area (Å²) in [4.78, 5) is 18.2. The highest BCUT2D eigenvalue weighted by Crippen LogP contribution is 2.36. The predicted molar refractivity (Wildman–Crippen MR) is 165 cm³/mol. The van der Waals surface area contributed by atoms with E-state index in [1.165, 1.54) is 66.5 Å². The molecule has 2 aromatic carbocycles. The highest BCUT2D eigenvalue weighted by atomic mass is 16.1. The molecule has 1 heterocycles. The van der Waals surface area contributed by atoms with Crippen molar-refractivity contribution in [2.24, 2.45) is 5.92 Å². The number of carbonyl (C=O) groups excluding carboxylic acids is 1. The van der Waals surface area contributed by atoms with E-state index >= 15 is 0 Å². The lowest BCUT2D eigenvalue weighted by Gasteiger charge is -2.26. The Hall–Kier alpha value is -3.40. The molecule has 2 N–H and O–H groups in total. The number of nitrogens with zero attached hydrogens (tertiary/aromatic N) is 1. The number of nitrogens with one attached hydrogen (secondary N) is 2. The van der Waals surface area contributed by atoms with Crippen molar-refractivity contribution >= 4 is 11.5 Å². The number of amides is 1. The Labute approximate surface area is 240 Å². The minimum atomic E-state index is -0.0894. The number of hydrogen-bond acceptors (Lipinski definition) is 3. The number of aromatic nitrogens is 1. The van der Waals surface area contributed by atoms with E-state index in [0.717, 1.165) is 49.0 Å². The monoisotopic (exact) mass is 535 g/mol. The van der Waals surface area contributed by atoms with E-state index in [0.29, 0.717) is 12.5 Å². The molecule has 0 radical (unpaired) electrons. The van der Waals surface area contributed by atoms with Gasteiger partial charge < -0.3 is 10.6 Å². The van der Waals surface area contributed by atoms with E-state index in [2.05, 4.69) is 78.1 Å². The summed E-state index contributed by atoms with van der Waals surface area (Å²) in [5.41, 5.74) is 10.0. The summed E-state index contributed by atoms with van der Waals surface area (Å²) < 4.78 is 0. The Morgan fingerprint density at radius 2 is 1.55 bits per heavy atom. The first-order valence-corrected chi connectivity index (χ1v) is 15.4. The van der Waals surface area contributed by atoms with E-state index in [1.807, 2.05) is 18.2 Å². The third-order valence-electron chi connectivity index (χ3n) is 8.85. The molecule has 1 amide bonds. The van der Waals surface area contributed by atoms with Gasteiger partial charge in [-0.15, -0.1) is 0 Å². The highest BCUT2D eigenvalue weighted by Gasteiger charge is 2.30. The van der Waals surface area contributed by atoms with Crippen molar-refractivity contribution in [1.82, 2.24) is 15.6 Å². The van der Waals surface area contributed by atoms with Crippen LogP contribution in [0.15, 0.2) is 72.6 Å². The molecular formula is C36H45N3O.